The van der Waals surface area contributed by atoms with Crippen LogP contribution in [0.25, 0.3) is 0 Å². The third-order valence-electron chi connectivity index (χ3n) is 4.08. The van der Waals surface area contributed by atoms with Gasteiger partial charge >= 0.3 is 0 Å². The SMILES string of the molecule is CCN1CCOC(CNC(=O)C(C)(N)C2CC2)C1. The van der Waals surface area contributed by atoms with Crippen molar-refractivity contribution in [1.29, 1.82) is 0 Å². The minimum absolute atomic E-state index is 0.0396. The summed E-state index contributed by atoms with van der Waals surface area (Å²) >= 11 is 0. The summed E-state index contributed by atoms with van der Waals surface area (Å²) < 4.78 is 5.65. The molecule has 5 heteroatoms. The van der Waals surface area contributed by atoms with E-state index in [1.54, 1.807) is 0 Å². The lowest BCUT2D eigenvalue weighted by molar-refractivity contribution is -0.127. The van der Waals surface area contributed by atoms with Crippen molar-refractivity contribution in [2.24, 2.45) is 11.7 Å². The topological polar surface area (TPSA) is 67.6 Å². The van der Waals surface area contributed by atoms with Crippen LogP contribution < -0.4 is 11.1 Å². The Kier molecular flexibility index (Phi) is 4.25. The molecule has 2 rings (SSSR count). The summed E-state index contributed by atoms with van der Waals surface area (Å²) in [6, 6.07) is 0. The molecule has 5 nitrogen and oxygen atoms in total. The smallest absolute Gasteiger partial charge is 0.240 e. The molecule has 0 radical (unpaired) electrons. The van der Waals surface area contributed by atoms with Crippen molar-refractivity contribution in [3.63, 3.8) is 0 Å². The quantitative estimate of drug-likeness (QED) is 0.723. The lowest BCUT2D eigenvalue weighted by Gasteiger charge is -2.33. The second-order valence-electron chi connectivity index (χ2n) is 5.65. The molecular weight excluding hydrogens is 230 g/mol. The van der Waals surface area contributed by atoms with Gasteiger partial charge in [0.25, 0.3) is 0 Å². The van der Waals surface area contributed by atoms with Crippen molar-refractivity contribution in [3.05, 3.63) is 0 Å². The lowest BCUT2D eigenvalue weighted by atomic mass is 9.96. The average molecular weight is 255 g/mol. The summed E-state index contributed by atoms with van der Waals surface area (Å²) in [5.41, 5.74) is 5.36. The Labute approximate surface area is 109 Å². The molecule has 1 saturated carbocycles. The van der Waals surface area contributed by atoms with Crippen LogP contribution in [0.3, 0.4) is 0 Å². The number of likely N-dealkylation sites (N-methyl/N-ethyl adjacent to an activating group) is 1. The van der Waals surface area contributed by atoms with Crippen LogP contribution in [0, 0.1) is 5.92 Å². The van der Waals surface area contributed by atoms with E-state index in [1.165, 1.54) is 0 Å². The van der Waals surface area contributed by atoms with Crippen LogP contribution in [-0.4, -0.2) is 55.2 Å². The van der Waals surface area contributed by atoms with Crippen LogP contribution in [0.15, 0.2) is 0 Å². The number of amides is 1. The number of ether oxygens (including phenoxy) is 1. The molecule has 1 heterocycles. The molecule has 3 N–H and O–H groups in total. The van der Waals surface area contributed by atoms with E-state index in [0.717, 1.165) is 39.1 Å². The zero-order valence-electron chi connectivity index (χ0n) is 11.4. The first-order chi connectivity index (χ1) is 8.54. The molecular formula is C13H25N3O2. The Balaban J connectivity index is 1.75. The zero-order chi connectivity index (χ0) is 13.2. The molecule has 0 aromatic heterocycles. The molecule has 104 valence electrons. The summed E-state index contributed by atoms with van der Waals surface area (Å²) in [6.45, 7) is 8.19. The van der Waals surface area contributed by atoms with Crippen LogP contribution >= 0.6 is 0 Å². The lowest BCUT2D eigenvalue weighted by Crippen LogP contribution is -2.56. The van der Waals surface area contributed by atoms with Gasteiger partial charge in [-0.1, -0.05) is 6.92 Å². The summed E-state index contributed by atoms with van der Waals surface area (Å²) in [5, 5.41) is 2.94. The molecule has 0 spiro atoms. The number of nitrogens with two attached hydrogens (primary N) is 1. The van der Waals surface area contributed by atoms with Crippen LogP contribution in [-0.2, 0) is 9.53 Å². The molecule has 1 aliphatic heterocycles. The fourth-order valence-electron chi connectivity index (χ4n) is 2.46. The van der Waals surface area contributed by atoms with Gasteiger partial charge in [0, 0.05) is 19.6 Å². The highest BCUT2D eigenvalue weighted by atomic mass is 16.5. The number of carbonyl (C=O) groups excluding carboxylic acids is 1. The molecule has 1 saturated heterocycles. The molecule has 0 aromatic rings. The molecule has 2 unspecified atom stereocenters. The van der Waals surface area contributed by atoms with Gasteiger partial charge in [0.1, 0.15) is 0 Å². The normalized spacial score (nSPS) is 28.7. The molecule has 2 fully saturated rings. The highest BCUT2D eigenvalue weighted by Crippen LogP contribution is 2.38. The van der Waals surface area contributed by atoms with Crippen molar-refractivity contribution in [2.75, 3.05) is 32.8 Å². The Bertz CT molecular complexity index is 303. The summed E-state index contributed by atoms with van der Waals surface area (Å²) in [4.78, 5) is 14.4. The largest absolute Gasteiger partial charge is 0.374 e. The predicted molar refractivity (Wildman–Crippen MR) is 70.2 cm³/mol. The number of hydrogen-bond donors (Lipinski definition) is 2. The molecule has 2 atom stereocenters. The van der Waals surface area contributed by atoms with E-state index in [2.05, 4.69) is 17.1 Å². The number of nitrogens with zero attached hydrogens (tertiary/aromatic N) is 1. The summed E-state index contributed by atoms with van der Waals surface area (Å²) in [5.74, 6) is 0.319. The number of rotatable bonds is 5. The van der Waals surface area contributed by atoms with E-state index in [-0.39, 0.29) is 12.0 Å². The third kappa shape index (κ3) is 3.22. The van der Waals surface area contributed by atoms with Gasteiger partial charge in [0.15, 0.2) is 0 Å². The zero-order valence-corrected chi connectivity index (χ0v) is 11.4. The molecule has 18 heavy (non-hydrogen) atoms. The van der Waals surface area contributed by atoms with Crippen LogP contribution in [0.1, 0.15) is 26.7 Å². The second kappa shape index (κ2) is 5.55. The first-order valence-electron chi connectivity index (χ1n) is 6.95. The van der Waals surface area contributed by atoms with E-state index >= 15 is 0 Å². The Morgan fingerprint density at radius 3 is 2.89 bits per heavy atom. The maximum absolute atomic E-state index is 12.0. The van der Waals surface area contributed by atoms with Gasteiger partial charge in [-0.3, -0.25) is 9.69 Å². The highest BCUT2D eigenvalue weighted by molar-refractivity contribution is 5.86. The molecule has 1 aliphatic carbocycles. The summed E-state index contributed by atoms with van der Waals surface area (Å²) in [7, 11) is 0. The van der Waals surface area contributed by atoms with E-state index in [4.69, 9.17) is 10.5 Å². The van der Waals surface area contributed by atoms with Gasteiger partial charge in [0.05, 0.1) is 18.2 Å². The number of nitrogens with one attached hydrogen (secondary N) is 1. The van der Waals surface area contributed by atoms with E-state index in [9.17, 15) is 4.79 Å². The minimum Gasteiger partial charge on any atom is -0.374 e. The van der Waals surface area contributed by atoms with E-state index in [0.29, 0.717) is 12.5 Å². The van der Waals surface area contributed by atoms with Crippen molar-refractivity contribution in [1.82, 2.24) is 10.2 Å². The second-order valence-corrected chi connectivity index (χ2v) is 5.65. The van der Waals surface area contributed by atoms with Gasteiger partial charge in [-0.05, 0) is 32.2 Å². The molecule has 0 bridgehead atoms. The van der Waals surface area contributed by atoms with E-state index in [1.807, 2.05) is 6.92 Å². The van der Waals surface area contributed by atoms with Gasteiger partial charge in [0.2, 0.25) is 5.91 Å². The molecule has 0 aromatic carbocycles. The van der Waals surface area contributed by atoms with Crippen molar-refractivity contribution in [2.45, 2.75) is 38.3 Å². The highest BCUT2D eigenvalue weighted by Gasteiger charge is 2.44. The first kappa shape index (κ1) is 13.8. The van der Waals surface area contributed by atoms with Crippen molar-refractivity contribution < 1.29 is 9.53 Å². The van der Waals surface area contributed by atoms with Crippen molar-refractivity contribution in [3.8, 4) is 0 Å². The van der Waals surface area contributed by atoms with Gasteiger partial charge < -0.3 is 15.8 Å². The standard InChI is InChI=1S/C13H25N3O2/c1-3-16-6-7-18-11(9-16)8-15-12(17)13(2,14)10-4-5-10/h10-11H,3-9,14H2,1-2H3,(H,15,17). The Hall–Kier alpha value is -0.650. The van der Waals surface area contributed by atoms with Gasteiger partial charge in [-0.25, -0.2) is 0 Å². The summed E-state index contributed by atoms with van der Waals surface area (Å²) in [6.07, 6.45) is 2.24. The predicted octanol–water partition coefficient (Wildman–Crippen LogP) is -0.0493. The van der Waals surface area contributed by atoms with Crippen LogP contribution in [0.4, 0.5) is 0 Å². The fourth-order valence-corrected chi connectivity index (χ4v) is 2.46. The average Bonchev–Trinajstić information content (AvgIpc) is 3.20. The molecule has 2 aliphatic rings. The maximum atomic E-state index is 12.0. The third-order valence-corrected chi connectivity index (χ3v) is 4.08. The Morgan fingerprint density at radius 1 is 1.56 bits per heavy atom. The van der Waals surface area contributed by atoms with Crippen LogP contribution in [0.5, 0.6) is 0 Å². The van der Waals surface area contributed by atoms with Gasteiger partial charge in [-0.2, -0.15) is 0 Å². The van der Waals surface area contributed by atoms with E-state index < -0.39 is 5.54 Å². The molecule has 1 amide bonds. The van der Waals surface area contributed by atoms with Gasteiger partial charge in [-0.15, -0.1) is 0 Å². The number of hydrogen-bond acceptors (Lipinski definition) is 4. The van der Waals surface area contributed by atoms with Crippen molar-refractivity contribution >= 4 is 5.91 Å². The number of carbonyl (C=O) groups is 1. The fraction of sp³-hybridized carbons (Fsp3) is 0.923. The first-order valence-corrected chi connectivity index (χ1v) is 6.95. The number of morpholine rings is 1. The monoisotopic (exact) mass is 255 g/mol. The maximum Gasteiger partial charge on any atom is 0.240 e. The Morgan fingerprint density at radius 2 is 2.28 bits per heavy atom. The van der Waals surface area contributed by atoms with Crippen LogP contribution in [0.2, 0.25) is 0 Å². The minimum atomic E-state index is -0.709.